The van der Waals surface area contributed by atoms with Gasteiger partial charge in [-0.15, -0.1) is 45.5 Å². The fourth-order valence-electron chi connectivity index (χ4n) is 3.95. The van der Waals surface area contributed by atoms with E-state index in [9.17, 15) is 0 Å². The van der Waals surface area contributed by atoms with E-state index in [4.69, 9.17) is 9.73 Å². The molecule has 2 unspecified atom stereocenters. The maximum absolute atomic E-state index is 5.17. The summed E-state index contributed by atoms with van der Waals surface area (Å²) in [6.45, 7) is 6.04. The first-order valence-electron chi connectivity index (χ1n) is 10.7. The number of thiophene rings is 1. The highest BCUT2D eigenvalue weighted by atomic mass is 127. The van der Waals surface area contributed by atoms with Gasteiger partial charge in [-0.1, -0.05) is 6.07 Å². The molecule has 3 heterocycles. The number of halogens is 1. The lowest BCUT2D eigenvalue weighted by atomic mass is 9.88. The van der Waals surface area contributed by atoms with Crippen molar-refractivity contribution in [2.24, 2.45) is 18.0 Å². The summed E-state index contributed by atoms with van der Waals surface area (Å²) in [5, 5.41) is 17.6. The molecule has 0 saturated carbocycles. The first-order valence-corrected chi connectivity index (χ1v) is 11.6. The van der Waals surface area contributed by atoms with Crippen molar-refractivity contribution in [2.45, 2.75) is 38.8 Å². The summed E-state index contributed by atoms with van der Waals surface area (Å²) in [6.07, 6.45) is 3.39. The highest BCUT2D eigenvalue weighted by molar-refractivity contribution is 14.0. The lowest BCUT2D eigenvalue weighted by molar-refractivity contribution is 0.125. The molecule has 0 bridgehead atoms. The van der Waals surface area contributed by atoms with Crippen molar-refractivity contribution < 1.29 is 4.74 Å². The van der Waals surface area contributed by atoms with Crippen LogP contribution in [0.5, 0.6) is 0 Å². The first kappa shape index (κ1) is 26.0. The minimum atomic E-state index is 0. The van der Waals surface area contributed by atoms with Crippen molar-refractivity contribution in [3.63, 3.8) is 0 Å². The Balaban J connectivity index is 0.00000341. The third-order valence-electron chi connectivity index (χ3n) is 5.75. The average molecular weight is 562 g/mol. The average Bonchev–Trinajstić information content (AvgIpc) is 3.38. The van der Waals surface area contributed by atoms with E-state index < -0.39 is 0 Å². The standard InChI is InChI=1S/C21H35N7OS.HI/c1-16-25-26-19(28(16)3)15-24-21(22-10-7-12-29-4)23-14-17-8-5-11-27(2)20(17)18-9-6-13-30-18;/h6,9,13,17,20H,5,7-8,10-12,14-15H2,1-4H3,(H2,22,23,24);1H. The van der Waals surface area contributed by atoms with Crippen LogP contribution in [0.3, 0.4) is 0 Å². The number of nitrogens with one attached hydrogen (secondary N) is 2. The Kier molecular flexibility index (Phi) is 11.2. The number of nitrogens with zero attached hydrogens (tertiary/aromatic N) is 5. The third-order valence-corrected chi connectivity index (χ3v) is 6.70. The predicted octanol–water partition coefficient (Wildman–Crippen LogP) is 2.96. The number of piperidine rings is 1. The molecular formula is C21H36IN7OS. The molecule has 2 aromatic heterocycles. The molecule has 1 aliphatic heterocycles. The van der Waals surface area contributed by atoms with Gasteiger partial charge in [0.2, 0.25) is 0 Å². The van der Waals surface area contributed by atoms with Gasteiger partial charge in [0.25, 0.3) is 0 Å². The monoisotopic (exact) mass is 561 g/mol. The number of ether oxygens (including phenoxy) is 1. The molecular weight excluding hydrogens is 525 g/mol. The molecule has 8 nitrogen and oxygen atoms in total. The molecule has 1 saturated heterocycles. The largest absolute Gasteiger partial charge is 0.385 e. The summed E-state index contributed by atoms with van der Waals surface area (Å²) < 4.78 is 7.15. The maximum atomic E-state index is 5.17. The van der Waals surface area contributed by atoms with Crippen LogP contribution in [0.4, 0.5) is 0 Å². The number of hydrogen-bond acceptors (Lipinski definition) is 6. The smallest absolute Gasteiger partial charge is 0.191 e. The van der Waals surface area contributed by atoms with E-state index in [1.807, 2.05) is 29.9 Å². The van der Waals surface area contributed by atoms with Gasteiger partial charge in [0, 0.05) is 44.8 Å². The second-order valence-corrected chi connectivity index (χ2v) is 8.86. The van der Waals surface area contributed by atoms with E-state index in [2.05, 4.69) is 50.3 Å². The zero-order chi connectivity index (χ0) is 21.3. The van der Waals surface area contributed by atoms with Gasteiger partial charge in [-0.25, -0.2) is 4.99 Å². The van der Waals surface area contributed by atoms with Crippen LogP contribution in [0.25, 0.3) is 0 Å². The number of aliphatic imine (C=N–C) groups is 1. The SMILES string of the molecule is COCCCNC(=NCc1nnc(C)n1C)NCC1CCCN(C)C1c1cccs1.I. The maximum Gasteiger partial charge on any atom is 0.191 e. The van der Waals surface area contributed by atoms with Crippen molar-refractivity contribution in [1.82, 2.24) is 30.3 Å². The van der Waals surface area contributed by atoms with Crippen LogP contribution in [0.1, 0.15) is 41.8 Å². The zero-order valence-corrected chi connectivity index (χ0v) is 22.2. The molecule has 10 heteroatoms. The van der Waals surface area contributed by atoms with E-state index in [1.165, 1.54) is 17.7 Å². The molecule has 0 aromatic carbocycles. The molecule has 2 atom stereocenters. The Morgan fingerprint density at radius 3 is 2.84 bits per heavy atom. The van der Waals surface area contributed by atoms with E-state index in [0.29, 0.717) is 18.5 Å². The van der Waals surface area contributed by atoms with E-state index >= 15 is 0 Å². The molecule has 2 aromatic rings. The van der Waals surface area contributed by atoms with Gasteiger partial charge in [-0.05, 0) is 57.1 Å². The fourth-order valence-corrected chi connectivity index (χ4v) is 4.93. The number of guanidine groups is 1. The number of rotatable bonds is 9. The molecule has 0 radical (unpaired) electrons. The van der Waals surface area contributed by atoms with Gasteiger partial charge in [0.05, 0.1) is 0 Å². The predicted molar refractivity (Wildman–Crippen MR) is 137 cm³/mol. The normalized spacial score (nSPS) is 19.8. The lowest BCUT2D eigenvalue weighted by Crippen LogP contribution is -2.45. The van der Waals surface area contributed by atoms with Gasteiger partial charge in [0.15, 0.2) is 11.8 Å². The molecule has 2 N–H and O–H groups in total. The summed E-state index contributed by atoms with van der Waals surface area (Å²) in [7, 11) is 5.95. The second kappa shape index (κ2) is 13.3. The second-order valence-electron chi connectivity index (χ2n) is 7.88. The van der Waals surface area contributed by atoms with Gasteiger partial charge in [-0.3, -0.25) is 4.90 Å². The van der Waals surface area contributed by atoms with E-state index in [1.54, 1.807) is 7.11 Å². The van der Waals surface area contributed by atoms with Crippen molar-refractivity contribution in [3.05, 3.63) is 34.0 Å². The summed E-state index contributed by atoms with van der Waals surface area (Å²) >= 11 is 1.85. The zero-order valence-electron chi connectivity index (χ0n) is 19.0. The minimum Gasteiger partial charge on any atom is -0.385 e. The quantitative estimate of drug-likeness (QED) is 0.212. The number of aryl methyl sites for hydroxylation is 1. The Bertz CT molecular complexity index is 796. The Morgan fingerprint density at radius 1 is 1.32 bits per heavy atom. The first-order chi connectivity index (χ1) is 14.6. The summed E-state index contributed by atoms with van der Waals surface area (Å²) in [4.78, 5) is 8.72. The molecule has 0 aliphatic carbocycles. The van der Waals surface area contributed by atoms with Crippen LogP contribution < -0.4 is 10.6 Å². The molecule has 174 valence electrons. The van der Waals surface area contributed by atoms with Crippen molar-refractivity contribution in [3.8, 4) is 0 Å². The molecule has 1 aliphatic rings. The van der Waals surface area contributed by atoms with Crippen LogP contribution in [0.2, 0.25) is 0 Å². The fraction of sp³-hybridized carbons (Fsp3) is 0.667. The Morgan fingerprint density at radius 2 is 2.16 bits per heavy atom. The summed E-state index contributed by atoms with van der Waals surface area (Å²) in [6, 6.07) is 4.88. The molecule has 0 spiro atoms. The van der Waals surface area contributed by atoms with Gasteiger partial charge in [0.1, 0.15) is 12.4 Å². The topological polar surface area (TPSA) is 79.6 Å². The number of likely N-dealkylation sites (tertiary alicyclic amines) is 1. The Hall–Kier alpha value is -1.24. The highest BCUT2D eigenvalue weighted by Gasteiger charge is 2.31. The lowest BCUT2D eigenvalue weighted by Gasteiger charge is -2.39. The number of hydrogen-bond donors (Lipinski definition) is 2. The summed E-state index contributed by atoms with van der Waals surface area (Å²) in [5.74, 6) is 3.13. The van der Waals surface area contributed by atoms with E-state index in [-0.39, 0.29) is 24.0 Å². The van der Waals surface area contributed by atoms with Crippen LogP contribution in [-0.2, 0) is 18.3 Å². The third kappa shape index (κ3) is 7.40. The van der Waals surface area contributed by atoms with Crippen molar-refractivity contribution >= 4 is 41.3 Å². The molecule has 0 amide bonds. The minimum absolute atomic E-state index is 0. The Labute approximate surface area is 206 Å². The van der Waals surface area contributed by atoms with Crippen LogP contribution in [-0.4, -0.2) is 66.0 Å². The van der Waals surface area contributed by atoms with Crippen LogP contribution >= 0.6 is 35.3 Å². The van der Waals surface area contributed by atoms with Gasteiger partial charge >= 0.3 is 0 Å². The van der Waals surface area contributed by atoms with Crippen molar-refractivity contribution in [2.75, 3.05) is 40.4 Å². The van der Waals surface area contributed by atoms with Gasteiger partial charge in [-0.2, -0.15) is 0 Å². The van der Waals surface area contributed by atoms with Crippen LogP contribution in [0, 0.1) is 12.8 Å². The van der Waals surface area contributed by atoms with Gasteiger partial charge < -0.3 is 19.9 Å². The van der Waals surface area contributed by atoms with E-state index in [0.717, 1.165) is 50.3 Å². The molecule has 1 fully saturated rings. The number of methoxy groups -OCH3 is 1. The number of aromatic nitrogens is 3. The molecule has 3 rings (SSSR count). The van der Waals surface area contributed by atoms with Crippen molar-refractivity contribution in [1.29, 1.82) is 0 Å². The van der Waals surface area contributed by atoms with Crippen LogP contribution in [0.15, 0.2) is 22.5 Å². The molecule has 31 heavy (non-hydrogen) atoms. The summed E-state index contributed by atoms with van der Waals surface area (Å²) in [5.41, 5.74) is 0. The highest BCUT2D eigenvalue weighted by Crippen LogP contribution is 2.36.